The van der Waals surface area contributed by atoms with Crippen LogP contribution < -0.4 is 5.32 Å². The maximum atomic E-state index is 12.6. The number of carbonyl (C=O) groups excluding carboxylic acids is 2. The van der Waals surface area contributed by atoms with Gasteiger partial charge in [0.25, 0.3) is 0 Å². The van der Waals surface area contributed by atoms with Crippen molar-refractivity contribution in [3.8, 4) is 0 Å². The van der Waals surface area contributed by atoms with Crippen LogP contribution in [0.5, 0.6) is 0 Å². The van der Waals surface area contributed by atoms with Crippen molar-refractivity contribution in [2.24, 2.45) is 5.92 Å². The minimum Gasteiger partial charge on any atom is -0.467 e. The average molecular weight is 328 g/mol. The first kappa shape index (κ1) is 17.8. The molecule has 1 N–H and O–H groups in total. The van der Waals surface area contributed by atoms with E-state index < -0.39 is 6.04 Å². The van der Waals surface area contributed by atoms with Crippen LogP contribution in [0, 0.1) is 5.92 Å². The van der Waals surface area contributed by atoms with E-state index in [4.69, 9.17) is 4.42 Å². The van der Waals surface area contributed by atoms with Crippen molar-refractivity contribution in [2.75, 3.05) is 0 Å². The van der Waals surface area contributed by atoms with Crippen LogP contribution in [-0.2, 0) is 22.7 Å². The topological polar surface area (TPSA) is 62.6 Å². The van der Waals surface area contributed by atoms with Crippen LogP contribution in [0.4, 0.5) is 0 Å². The van der Waals surface area contributed by atoms with Crippen LogP contribution >= 0.6 is 0 Å². The molecule has 1 aromatic carbocycles. The number of nitrogens with one attached hydrogen (secondary N) is 1. The molecule has 1 aromatic heterocycles. The smallest absolute Gasteiger partial charge is 0.242 e. The van der Waals surface area contributed by atoms with Gasteiger partial charge in [-0.25, -0.2) is 0 Å². The molecule has 2 rings (SSSR count). The number of hydrogen-bond donors (Lipinski definition) is 1. The minimum absolute atomic E-state index is 0.0421. The van der Waals surface area contributed by atoms with E-state index >= 15 is 0 Å². The fourth-order valence-corrected chi connectivity index (χ4v) is 2.39. The van der Waals surface area contributed by atoms with Gasteiger partial charge in [-0.05, 0) is 24.6 Å². The highest BCUT2D eigenvalue weighted by molar-refractivity contribution is 5.88. The molecule has 0 spiro atoms. The van der Waals surface area contributed by atoms with Crippen LogP contribution in [0.25, 0.3) is 0 Å². The Morgan fingerprint density at radius 1 is 1.08 bits per heavy atom. The third kappa shape index (κ3) is 4.72. The Hall–Kier alpha value is -2.56. The number of rotatable bonds is 7. The second-order valence-electron chi connectivity index (χ2n) is 6.08. The van der Waals surface area contributed by atoms with Gasteiger partial charge >= 0.3 is 0 Å². The summed E-state index contributed by atoms with van der Waals surface area (Å²) in [6.07, 6.45) is 1.56. The highest BCUT2D eigenvalue weighted by atomic mass is 16.3. The lowest BCUT2D eigenvalue weighted by atomic mass is 10.1. The maximum Gasteiger partial charge on any atom is 0.242 e. The second-order valence-corrected chi connectivity index (χ2v) is 6.08. The highest BCUT2D eigenvalue weighted by Crippen LogP contribution is 2.13. The molecule has 24 heavy (non-hydrogen) atoms. The first-order valence-electron chi connectivity index (χ1n) is 8.13. The average Bonchev–Trinajstić information content (AvgIpc) is 3.10. The first-order valence-corrected chi connectivity index (χ1v) is 8.13. The van der Waals surface area contributed by atoms with Crippen LogP contribution in [0.3, 0.4) is 0 Å². The van der Waals surface area contributed by atoms with Gasteiger partial charge < -0.3 is 14.6 Å². The summed E-state index contributed by atoms with van der Waals surface area (Å²) in [4.78, 5) is 26.6. The Kier molecular flexibility index (Phi) is 6.18. The summed E-state index contributed by atoms with van der Waals surface area (Å²) in [7, 11) is 0. The molecule has 5 nitrogen and oxygen atoms in total. The van der Waals surface area contributed by atoms with Gasteiger partial charge in [0, 0.05) is 12.5 Å². The third-order valence-corrected chi connectivity index (χ3v) is 3.84. The van der Waals surface area contributed by atoms with Crippen LogP contribution in [-0.4, -0.2) is 22.8 Å². The van der Waals surface area contributed by atoms with Crippen molar-refractivity contribution in [3.05, 3.63) is 60.1 Å². The van der Waals surface area contributed by atoms with Gasteiger partial charge in [0.05, 0.1) is 12.8 Å². The van der Waals surface area contributed by atoms with Crippen molar-refractivity contribution in [3.63, 3.8) is 0 Å². The van der Waals surface area contributed by atoms with Crippen molar-refractivity contribution >= 4 is 11.8 Å². The zero-order valence-corrected chi connectivity index (χ0v) is 14.4. The van der Waals surface area contributed by atoms with E-state index in [2.05, 4.69) is 5.32 Å². The van der Waals surface area contributed by atoms with Gasteiger partial charge in [-0.3, -0.25) is 9.59 Å². The number of benzene rings is 1. The lowest BCUT2D eigenvalue weighted by Gasteiger charge is -2.30. The summed E-state index contributed by atoms with van der Waals surface area (Å²) in [6.45, 7) is 6.15. The van der Waals surface area contributed by atoms with Gasteiger partial charge in [-0.1, -0.05) is 44.2 Å². The lowest BCUT2D eigenvalue weighted by molar-refractivity contribution is -0.143. The molecule has 0 aliphatic carbocycles. The maximum absolute atomic E-state index is 12.6. The molecule has 0 aliphatic heterocycles. The van der Waals surface area contributed by atoms with E-state index in [1.807, 2.05) is 44.2 Å². The van der Waals surface area contributed by atoms with E-state index in [0.717, 1.165) is 5.56 Å². The molecular weight excluding hydrogens is 304 g/mol. The number of furan rings is 1. The highest BCUT2D eigenvalue weighted by Gasteiger charge is 2.27. The lowest BCUT2D eigenvalue weighted by Crippen LogP contribution is -2.48. The van der Waals surface area contributed by atoms with Crippen LogP contribution in [0.1, 0.15) is 32.1 Å². The van der Waals surface area contributed by atoms with Crippen molar-refractivity contribution in [1.29, 1.82) is 0 Å². The summed E-state index contributed by atoms with van der Waals surface area (Å²) in [5.74, 6) is 0.269. The van der Waals surface area contributed by atoms with E-state index in [1.165, 1.54) is 0 Å². The van der Waals surface area contributed by atoms with Gasteiger partial charge in [-0.2, -0.15) is 0 Å². The standard InChI is InChI=1S/C19H24N2O3/c1-14(2)19(23)21(13-16-8-5-4-6-9-16)15(3)18(22)20-12-17-10-7-11-24-17/h4-11,14-15H,12-13H2,1-3H3,(H,20,22)/t15-/m1/s1. The molecule has 5 heteroatoms. The fourth-order valence-electron chi connectivity index (χ4n) is 2.39. The second kappa shape index (κ2) is 8.34. The predicted molar refractivity (Wildman–Crippen MR) is 91.8 cm³/mol. The van der Waals surface area contributed by atoms with E-state index in [-0.39, 0.29) is 17.7 Å². The van der Waals surface area contributed by atoms with Crippen molar-refractivity contribution < 1.29 is 14.0 Å². The minimum atomic E-state index is -0.560. The zero-order valence-electron chi connectivity index (χ0n) is 14.4. The summed E-state index contributed by atoms with van der Waals surface area (Å²) in [5.41, 5.74) is 0.997. The van der Waals surface area contributed by atoms with Crippen LogP contribution in [0.15, 0.2) is 53.1 Å². The molecular formula is C19H24N2O3. The van der Waals surface area contributed by atoms with Crippen molar-refractivity contribution in [1.82, 2.24) is 10.2 Å². The Balaban J connectivity index is 2.06. The Morgan fingerprint density at radius 3 is 2.38 bits per heavy atom. The van der Waals surface area contributed by atoms with E-state index in [0.29, 0.717) is 18.8 Å². The first-order chi connectivity index (χ1) is 11.5. The van der Waals surface area contributed by atoms with E-state index in [1.54, 1.807) is 30.2 Å². The molecule has 0 radical (unpaired) electrons. The molecule has 0 saturated carbocycles. The van der Waals surface area contributed by atoms with Gasteiger partial charge in [0.1, 0.15) is 11.8 Å². The molecule has 0 saturated heterocycles. The number of amides is 2. The van der Waals surface area contributed by atoms with Gasteiger partial charge in [-0.15, -0.1) is 0 Å². The SMILES string of the molecule is CC(C)C(=O)N(Cc1ccccc1)[C@H](C)C(=O)NCc1ccco1. The number of hydrogen-bond acceptors (Lipinski definition) is 3. The Morgan fingerprint density at radius 2 is 1.79 bits per heavy atom. The summed E-state index contributed by atoms with van der Waals surface area (Å²) >= 11 is 0. The number of carbonyl (C=O) groups is 2. The molecule has 1 heterocycles. The molecule has 128 valence electrons. The predicted octanol–water partition coefficient (Wildman–Crippen LogP) is 2.97. The monoisotopic (exact) mass is 328 g/mol. The normalized spacial score (nSPS) is 12.0. The molecule has 0 aliphatic rings. The fraction of sp³-hybridized carbons (Fsp3) is 0.368. The quantitative estimate of drug-likeness (QED) is 0.850. The zero-order chi connectivity index (χ0) is 17.5. The summed E-state index contributed by atoms with van der Waals surface area (Å²) < 4.78 is 5.21. The largest absolute Gasteiger partial charge is 0.467 e. The molecule has 0 fully saturated rings. The summed E-state index contributed by atoms with van der Waals surface area (Å²) in [5, 5.41) is 2.82. The van der Waals surface area contributed by atoms with Gasteiger partial charge in [0.15, 0.2) is 0 Å². The number of nitrogens with zero attached hydrogens (tertiary/aromatic N) is 1. The molecule has 1 atom stereocenters. The van der Waals surface area contributed by atoms with Gasteiger partial charge in [0.2, 0.25) is 11.8 Å². The Labute approximate surface area is 142 Å². The molecule has 0 unspecified atom stereocenters. The summed E-state index contributed by atoms with van der Waals surface area (Å²) in [6, 6.07) is 12.7. The Bertz CT molecular complexity index is 651. The third-order valence-electron chi connectivity index (χ3n) is 3.84. The molecule has 2 aromatic rings. The van der Waals surface area contributed by atoms with Crippen molar-refractivity contribution in [2.45, 2.75) is 39.9 Å². The molecule has 0 bridgehead atoms. The van der Waals surface area contributed by atoms with Crippen LogP contribution in [0.2, 0.25) is 0 Å². The molecule has 2 amide bonds. The van der Waals surface area contributed by atoms with E-state index in [9.17, 15) is 9.59 Å².